The summed E-state index contributed by atoms with van der Waals surface area (Å²) in [7, 11) is 0. The molecule has 0 unspecified atom stereocenters. The summed E-state index contributed by atoms with van der Waals surface area (Å²) >= 11 is 0. The number of piperidine rings is 1. The molecule has 3 aromatic rings. The van der Waals surface area contributed by atoms with Crippen LogP contribution in [0.15, 0.2) is 36.8 Å². The average Bonchev–Trinajstić information content (AvgIpc) is 3.11. The monoisotopic (exact) mass is 349 g/mol. The van der Waals surface area contributed by atoms with Gasteiger partial charge in [0.15, 0.2) is 5.65 Å². The van der Waals surface area contributed by atoms with Crippen molar-refractivity contribution in [3.05, 3.63) is 42.4 Å². The van der Waals surface area contributed by atoms with E-state index in [4.69, 9.17) is 0 Å². The van der Waals surface area contributed by atoms with Crippen LogP contribution >= 0.6 is 0 Å². The molecule has 2 aromatic heterocycles. The predicted molar refractivity (Wildman–Crippen MR) is 105 cm³/mol. The Morgan fingerprint density at radius 2 is 1.77 bits per heavy atom. The van der Waals surface area contributed by atoms with E-state index in [2.05, 4.69) is 51.2 Å². The van der Waals surface area contributed by atoms with E-state index < -0.39 is 0 Å². The maximum atomic E-state index is 4.60. The lowest BCUT2D eigenvalue weighted by Gasteiger charge is -2.26. The van der Waals surface area contributed by atoms with Crippen molar-refractivity contribution < 1.29 is 0 Å². The molecule has 0 saturated carbocycles. The van der Waals surface area contributed by atoms with Crippen LogP contribution in [0.5, 0.6) is 0 Å². The fraction of sp³-hybridized carbons (Fsp3) is 0.476. The number of hydrogen-bond acceptors (Lipinski definition) is 4. The predicted octanol–water partition coefficient (Wildman–Crippen LogP) is 3.93. The summed E-state index contributed by atoms with van der Waals surface area (Å²) in [4.78, 5) is 11.6. The molecule has 1 saturated heterocycles. The van der Waals surface area contributed by atoms with Gasteiger partial charge >= 0.3 is 0 Å². The normalized spacial score (nSPS) is 15.6. The average molecular weight is 349 g/mol. The minimum atomic E-state index is 0.884. The molecule has 0 radical (unpaired) electrons. The van der Waals surface area contributed by atoms with Crippen LogP contribution in [0, 0.1) is 0 Å². The zero-order chi connectivity index (χ0) is 17.8. The summed E-state index contributed by atoms with van der Waals surface area (Å²) < 4.78 is 2.03. The summed E-state index contributed by atoms with van der Waals surface area (Å²) in [5, 5.41) is 5.64. The molecule has 4 rings (SSSR count). The number of hydrogen-bond donors (Lipinski definition) is 0. The van der Waals surface area contributed by atoms with Crippen LogP contribution < -0.4 is 0 Å². The lowest BCUT2D eigenvalue weighted by atomic mass is 10.0. The van der Waals surface area contributed by atoms with E-state index in [0.29, 0.717) is 0 Å². The lowest BCUT2D eigenvalue weighted by Crippen LogP contribution is -2.32. The standard InChI is InChI=1S/C21H27N5/c1-2-6-17-7-9-18(10-8-17)20-19-15-24-26(21(19)23-16-22-20)14-13-25-11-4-3-5-12-25/h7-10,15-16H,2-6,11-14H2,1H3. The highest BCUT2D eigenvalue weighted by atomic mass is 15.3. The Morgan fingerprint density at radius 3 is 2.54 bits per heavy atom. The van der Waals surface area contributed by atoms with E-state index in [9.17, 15) is 0 Å². The molecule has 0 bridgehead atoms. The van der Waals surface area contributed by atoms with E-state index in [-0.39, 0.29) is 0 Å². The Bertz CT molecular complexity index is 846. The van der Waals surface area contributed by atoms with Gasteiger partial charge in [-0.25, -0.2) is 14.6 Å². The van der Waals surface area contributed by atoms with Gasteiger partial charge in [-0.05, 0) is 37.9 Å². The second-order valence-electron chi connectivity index (χ2n) is 7.18. The van der Waals surface area contributed by atoms with E-state index in [1.807, 2.05) is 10.9 Å². The van der Waals surface area contributed by atoms with Crippen LogP contribution in [0.1, 0.15) is 38.2 Å². The van der Waals surface area contributed by atoms with Crippen LogP contribution in [0.25, 0.3) is 22.3 Å². The van der Waals surface area contributed by atoms with Crippen molar-refractivity contribution in [2.24, 2.45) is 0 Å². The van der Waals surface area contributed by atoms with E-state index in [1.54, 1.807) is 6.33 Å². The maximum absolute atomic E-state index is 4.60. The smallest absolute Gasteiger partial charge is 0.161 e. The summed E-state index contributed by atoms with van der Waals surface area (Å²) in [6, 6.07) is 8.73. The molecule has 0 amide bonds. The van der Waals surface area contributed by atoms with E-state index in [1.165, 1.54) is 44.3 Å². The molecule has 3 heterocycles. The summed E-state index contributed by atoms with van der Waals surface area (Å²) in [5.41, 5.74) is 4.42. The van der Waals surface area contributed by atoms with Crippen LogP contribution in [0.2, 0.25) is 0 Å². The quantitative estimate of drug-likeness (QED) is 0.676. The van der Waals surface area contributed by atoms with Gasteiger partial charge in [0.25, 0.3) is 0 Å². The van der Waals surface area contributed by atoms with Crippen molar-refractivity contribution in [1.82, 2.24) is 24.6 Å². The first-order chi connectivity index (χ1) is 12.8. The zero-order valence-electron chi connectivity index (χ0n) is 15.6. The van der Waals surface area contributed by atoms with Crippen molar-refractivity contribution in [3.8, 4) is 11.3 Å². The highest BCUT2D eigenvalue weighted by molar-refractivity contribution is 5.89. The first-order valence-electron chi connectivity index (χ1n) is 9.83. The van der Waals surface area contributed by atoms with Crippen LogP contribution in [-0.2, 0) is 13.0 Å². The third-order valence-electron chi connectivity index (χ3n) is 5.28. The maximum Gasteiger partial charge on any atom is 0.161 e. The Kier molecular flexibility index (Phi) is 5.25. The van der Waals surface area contributed by atoms with Crippen molar-refractivity contribution in [3.63, 3.8) is 0 Å². The van der Waals surface area contributed by atoms with Crippen molar-refractivity contribution in [1.29, 1.82) is 0 Å². The third-order valence-corrected chi connectivity index (χ3v) is 5.28. The number of rotatable bonds is 6. The van der Waals surface area contributed by atoms with Gasteiger partial charge in [-0.15, -0.1) is 0 Å². The molecular formula is C21H27N5. The largest absolute Gasteiger partial charge is 0.301 e. The van der Waals surface area contributed by atoms with Gasteiger partial charge in [-0.2, -0.15) is 5.10 Å². The van der Waals surface area contributed by atoms with Crippen molar-refractivity contribution in [2.45, 2.75) is 45.6 Å². The van der Waals surface area contributed by atoms with Crippen LogP contribution in [0.4, 0.5) is 0 Å². The second-order valence-corrected chi connectivity index (χ2v) is 7.18. The van der Waals surface area contributed by atoms with Gasteiger partial charge < -0.3 is 4.90 Å². The Morgan fingerprint density at radius 1 is 0.962 bits per heavy atom. The Balaban J connectivity index is 1.56. The summed E-state index contributed by atoms with van der Waals surface area (Å²) in [6.45, 7) is 6.56. The fourth-order valence-corrected chi connectivity index (χ4v) is 3.82. The highest BCUT2D eigenvalue weighted by Gasteiger charge is 2.14. The molecular weight excluding hydrogens is 322 g/mol. The molecule has 1 aliphatic heterocycles. The van der Waals surface area contributed by atoms with Crippen LogP contribution in [-0.4, -0.2) is 44.3 Å². The fourth-order valence-electron chi connectivity index (χ4n) is 3.82. The first-order valence-corrected chi connectivity index (χ1v) is 9.83. The van der Waals surface area contributed by atoms with E-state index in [0.717, 1.165) is 41.8 Å². The van der Waals surface area contributed by atoms with Crippen LogP contribution in [0.3, 0.4) is 0 Å². The van der Waals surface area contributed by atoms with Gasteiger partial charge in [-0.1, -0.05) is 44.0 Å². The molecule has 5 heteroatoms. The third kappa shape index (κ3) is 3.63. The molecule has 0 atom stereocenters. The Labute approximate surface area is 155 Å². The Hall–Kier alpha value is -2.27. The van der Waals surface area contributed by atoms with Gasteiger partial charge in [0.05, 0.1) is 23.8 Å². The molecule has 26 heavy (non-hydrogen) atoms. The number of aryl methyl sites for hydroxylation is 1. The molecule has 0 spiro atoms. The van der Waals surface area contributed by atoms with E-state index >= 15 is 0 Å². The van der Waals surface area contributed by atoms with Crippen molar-refractivity contribution >= 4 is 11.0 Å². The molecule has 0 aliphatic carbocycles. The zero-order valence-corrected chi connectivity index (χ0v) is 15.6. The van der Waals surface area contributed by atoms with Gasteiger partial charge in [0.2, 0.25) is 0 Å². The van der Waals surface area contributed by atoms with Gasteiger partial charge in [0.1, 0.15) is 6.33 Å². The molecule has 1 aliphatic rings. The number of likely N-dealkylation sites (tertiary alicyclic amines) is 1. The number of nitrogens with zero attached hydrogens (tertiary/aromatic N) is 5. The first kappa shape index (κ1) is 17.2. The summed E-state index contributed by atoms with van der Waals surface area (Å²) in [5.74, 6) is 0. The summed E-state index contributed by atoms with van der Waals surface area (Å²) in [6.07, 6.45) is 9.88. The molecule has 1 fully saturated rings. The molecule has 1 aromatic carbocycles. The number of benzene rings is 1. The molecule has 136 valence electrons. The van der Waals surface area contributed by atoms with Gasteiger partial charge in [0, 0.05) is 12.1 Å². The van der Waals surface area contributed by atoms with Gasteiger partial charge in [-0.3, -0.25) is 0 Å². The molecule has 0 N–H and O–H groups in total. The number of aromatic nitrogens is 4. The number of fused-ring (bicyclic) bond motifs is 1. The topological polar surface area (TPSA) is 46.8 Å². The minimum absolute atomic E-state index is 0.884. The minimum Gasteiger partial charge on any atom is -0.301 e. The highest BCUT2D eigenvalue weighted by Crippen LogP contribution is 2.25. The molecule has 5 nitrogen and oxygen atoms in total. The van der Waals surface area contributed by atoms with Crippen molar-refractivity contribution in [2.75, 3.05) is 19.6 Å². The SMILES string of the molecule is CCCc1ccc(-c2ncnc3c2cnn3CCN2CCCCC2)cc1. The lowest BCUT2D eigenvalue weighted by molar-refractivity contribution is 0.219. The second kappa shape index (κ2) is 7.96.